The minimum absolute atomic E-state index is 0.172. The average molecular weight is 248 g/mol. The minimum Gasteiger partial charge on any atom is -0.480 e. The Morgan fingerprint density at radius 2 is 2.33 bits per heavy atom. The second kappa shape index (κ2) is 4.15. The lowest BCUT2D eigenvalue weighted by atomic mass is 10.0. The molecule has 0 spiro atoms. The van der Waals surface area contributed by atoms with Gasteiger partial charge in [0.25, 0.3) is 5.91 Å². The van der Waals surface area contributed by atoms with Gasteiger partial charge in [-0.05, 0) is 30.4 Å². The van der Waals surface area contributed by atoms with E-state index in [9.17, 15) is 14.7 Å². The third kappa shape index (κ3) is 1.89. The highest BCUT2D eigenvalue weighted by atomic mass is 16.4. The van der Waals surface area contributed by atoms with Crippen LogP contribution in [-0.2, 0) is 11.2 Å². The van der Waals surface area contributed by atoms with Crippen LogP contribution >= 0.6 is 0 Å². The van der Waals surface area contributed by atoms with Crippen LogP contribution in [-0.4, -0.2) is 39.5 Å². The molecule has 1 atom stereocenters. The van der Waals surface area contributed by atoms with E-state index in [1.807, 2.05) is 6.07 Å². The number of hydrogen-bond donors (Lipinski definition) is 2. The Balaban J connectivity index is 1.82. The number of carbonyl (C=O) groups excluding carboxylic acids is 1. The molecule has 5 heteroatoms. The quantitative estimate of drug-likeness (QED) is 0.842. The zero-order chi connectivity index (χ0) is 12.7. The number of aromatic amines is 1. The van der Waals surface area contributed by atoms with E-state index >= 15 is 0 Å². The van der Waals surface area contributed by atoms with Gasteiger partial charge in [0.2, 0.25) is 0 Å². The van der Waals surface area contributed by atoms with Crippen LogP contribution in [0.15, 0.2) is 12.3 Å². The molecule has 1 saturated carbocycles. The lowest BCUT2D eigenvalue weighted by molar-refractivity contribution is -0.142. The molecule has 0 radical (unpaired) electrons. The minimum atomic E-state index is -0.884. The van der Waals surface area contributed by atoms with Crippen molar-refractivity contribution in [2.24, 2.45) is 5.92 Å². The van der Waals surface area contributed by atoms with E-state index in [1.165, 1.54) is 4.90 Å². The number of nitrogens with one attached hydrogen (secondary N) is 1. The number of nitrogens with zero attached hydrogens (tertiary/aromatic N) is 1. The molecular weight excluding hydrogens is 232 g/mol. The van der Waals surface area contributed by atoms with Crippen molar-refractivity contribution in [1.82, 2.24) is 9.88 Å². The molecule has 18 heavy (non-hydrogen) atoms. The van der Waals surface area contributed by atoms with Crippen molar-refractivity contribution in [2.45, 2.75) is 31.7 Å². The number of fused-ring (bicyclic) bond motifs is 1. The lowest BCUT2D eigenvalue weighted by Gasteiger charge is -2.32. The standard InChI is InChI=1S/C13H16N2O3/c16-12-11-9(3-5-14-11)4-6-15(12)10(13(17)18)7-8-1-2-8/h3,5,8,10,14H,1-2,4,6-7H2,(H,17,18)/t10-/m0/s1. The number of carbonyl (C=O) groups is 2. The fraction of sp³-hybridized carbons (Fsp3) is 0.538. The molecule has 0 aromatic carbocycles. The summed E-state index contributed by atoms with van der Waals surface area (Å²) >= 11 is 0. The Morgan fingerprint density at radius 1 is 1.56 bits per heavy atom. The number of aliphatic carboxylic acids is 1. The van der Waals surface area contributed by atoms with E-state index in [-0.39, 0.29) is 5.91 Å². The molecule has 1 aliphatic heterocycles. The maximum Gasteiger partial charge on any atom is 0.326 e. The van der Waals surface area contributed by atoms with Crippen LogP contribution in [0.5, 0.6) is 0 Å². The first-order valence-electron chi connectivity index (χ1n) is 6.37. The first-order chi connectivity index (χ1) is 8.66. The molecule has 2 aliphatic rings. The Bertz CT molecular complexity index is 490. The predicted molar refractivity (Wildman–Crippen MR) is 64.3 cm³/mol. The van der Waals surface area contributed by atoms with Gasteiger partial charge in [-0.25, -0.2) is 4.79 Å². The number of carboxylic acids is 1. The zero-order valence-electron chi connectivity index (χ0n) is 10.1. The van der Waals surface area contributed by atoms with Crippen LogP contribution in [0.3, 0.4) is 0 Å². The van der Waals surface area contributed by atoms with Gasteiger partial charge in [-0.3, -0.25) is 4.79 Å². The molecule has 1 fully saturated rings. The van der Waals surface area contributed by atoms with Crippen LogP contribution in [0.1, 0.15) is 35.3 Å². The number of amides is 1. The summed E-state index contributed by atoms with van der Waals surface area (Å²) in [7, 11) is 0. The molecule has 1 amide bonds. The van der Waals surface area contributed by atoms with E-state index < -0.39 is 12.0 Å². The van der Waals surface area contributed by atoms with Gasteiger partial charge in [0.15, 0.2) is 0 Å². The largest absolute Gasteiger partial charge is 0.480 e. The Morgan fingerprint density at radius 3 is 3.00 bits per heavy atom. The average Bonchev–Trinajstić information content (AvgIpc) is 3.02. The number of H-pyrrole nitrogens is 1. The fourth-order valence-corrected chi connectivity index (χ4v) is 2.62. The summed E-state index contributed by atoms with van der Waals surface area (Å²) < 4.78 is 0. The van der Waals surface area contributed by atoms with Crippen molar-refractivity contribution >= 4 is 11.9 Å². The summed E-state index contributed by atoms with van der Waals surface area (Å²) in [5.74, 6) is -0.566. The first-order valence-corrected chi connectivity index (χ1v) is 6.37. The molecule has 2 N–H and O–H groups in total. The number of rotatable bonds is 4. The summed E-state index contributed by atoms with van der Waals surface area (Å²) in [6.45, 7) is 0.507. The van der Waals surface area contributed by atoms with Crippen molar-refractivity contribution < 1.29 is 14.7 Å². The maximum absolute atomic E-state index is 12.3. The highest BCUT2D eigenvalue weighted by Gasteiger charge is 2.38. The highest BCUT2D eigenvalue weighted by molar-refractivity contribution is 5.97. The van der Waals surface area contributed by atoms with Crippen molar-refractivity contribution in [3.8, 4) is 0 Å². The van der Waals surface area contributed by atoms with Crippen molar-refractivity contribution in [2.75, 3.05) is 6.54 Å². The number of hydrogen-bond acceptors (Lipinski definition) is 2. The summed E-state index contributed by atoms with van der Waals surface area (Å²) in [5, 5.41) is 9.31. The molecule has 1 aromatic heterocycles. The van der Waals surface area contributed by atoms with Gasteiger partial charge in [0.05, 0.1) is 0 Å². The van der Waals surface area contributed by atoms with Gasteiger partial charge < -0.3 is 15.0 Å². The van der Waals surface area contributed by atoms with Gasteiger partial charge >= 0.3 is 5.97 Å². The smallest absolute Gasteiger partial charge is 0.326 e. The van der Waals surface area contributed by atoms with Gasteiger partial charge in [-0.15, -0.1) is 0 Å². The van der Waals surface area contributed by atoms with Crippen molar-refractivity contribution in [3.05, 3.63) is 23.5 Å². The molecule has 96 valence electrons. The monoisotopic (exact) mass is 248 g/mol. The second-order valence-corrected chi connectivity index (χ2v) is 5.16. The predicted octanol–water partition coefficient (Wildman–Crippen LogP) is 1.27. The van der Waals surface area contributed by atoms with Crippen LogP contribution in [0.2, 0.25) is 0 Å². The van der Waals surface area contributed by atoms with E-state index in [2.05, 4.69) is 4.98 Å². The van der Waals surface area contributed by atoms with Gasteiger partial charge in [-0.1, -0.05) is 12.8 Å². The van der Waals surface area contributed by atoms with Crippen molar-refractivity contribution in [1.29, 1.82) is 0 Å². The van der Waals surface area contributed by atoms with Gasteiger partial charge in [0, 0.05) is 12.7 Å². The van der Waals surface area contributed by atoms with Crippen LogP contribution in [0, 0.1) is 5.92 Å². The zero-order valence-corrected chi connectivity index (χ0v) is 10.1. The summed E-state index contributed by atoms with van der Waals surface area (Å²) in [4.78, 5) is 28.0. The lowest BCUT2D eigenvalue weighted by Crippen LogP contribution is -2.48. The number of carboxylic acid groups (broad SMARTS) is 1. The third-order valence-electron chi connectivity index (χ3n) is 3.84. The second-order valence-electron chi connectivity index (χ2n) is 5.16. The molecule has 0 unspecified atom stereocenters. The van der Waals surface area contributed by atoms with E-state index in [0.29, 0.717) is 24.6 Å². The third-order valence-corrected chi connectivity index (χ3v) is 3.84. The molecule has 3 rings (SSSR count). The molecular formula is C13H16N2O3. The molecule has 5 nitrogen and oxygen atoms in total. The normalized spacial score (nSPS) is 20.7. The maximum atomic E-state index is 12.3. The molecule has 1 aliphatic carbocycles. The van der Waals surface area contributed by atoms with Crippen LogP contribution in [0.25, 0.3) is 0 Å². The summed E-state index contributed by atoms with van der Waals surface area (Å²) in [6, 6.07) is 1.22. The first kappa shape index (κ1) is 11.3. The highest BCUT2D eigenvalue weighted by Crippen LogP contribution is 2.35. The molecule has 2 heterocycles. The Hall–Kier alpha value is -1.78. The Kier molecular flexibility index (Phi) is 2.61. The topological polar surface area (TPSA) is 73.4 Å². The van der Waals surface area contributed by atoms with Gasteiger partial charge in [0.1, 0.15) is 11.7 Å². The van der Waals surface area contributed by atoms with Gasteiger partial charge in [-0.2, -0.15) is 0 Å². The summed E-state index contributed by atoms with van der Waals surface area (Å²) in [5.41, 5.74) is 1.55. The molecule has 1 aromatic rings. The van der Waals surface area contributed by atoms with E-state index in [0.717, 1.165) is 24.8 Å². The van der Waals surface area contributed by atoms with E-state index in [1.54, 1.807) is 6.20 Å². The fourth-order valence-electron chi connectivity index (χ4n) is 2.62. The molecule has 0 saturated heterocycles. The number of aromatic nitrogens is 1. The Labute approximate surface area is 105 Å². The van der Waals surface area contributed by atoms with E-state index in [4.69, 9.17) is 0 Å². The summed E-state index contributed by atoms with van der Waals surface area (Å²) in [6.07, 6.45) is 5.26. The SMILES string of the molecule is O=C(O)[C@H](CC1CC1)N1CCc2cc[nH]c2C1=O. The molecule has 0 bridgehead atoms. The van der Waals surface area contributed by atoms with Crippen LogP contribution in [0.4, 0.5) is 0 Å². The van der Waals surface area contributed by atoms with Crippen molar-refractivity contribution in [3.63, 3.8) is 0 Å². The van der Waals surface area contributed by atoms with Crippen LogP contribution < -0.4 is 0 Å².